The maximum Gasteiger partial charge on any atom is 0.239 e. The van der Waals surface area contributed by atoms with Gasteiger partial charge in [0.15, 0.2) is 9.84 Å². The Labute approximate surface area is 122 Å². The predicted molar refractivity (Wildman–Crippen MR) is 78.3 cm³/mol. The predicted octanol–water partition coefficient (Wildman–Crippen LogP) is 2.55. The van der Waals surface area contributed by atoms with E-state index < -0.39 is 27.3 Å². The average Bonchev–Trinajstić information content (AvgIpc) is 2.41. The maximum atomic E-state index is 12.7. The third kappa shape index (κ3) is 4.13. The van der Waals surface area contributed by atoms with Gasteiger partial charge in [0.1, 0.15) is 11.6 Å². The van der Waals surface area contributed by atoms with Crippen molar-refractivity contribution >= 4 is 21.4 Å². The Morgan fingerprint density at radius 2 is 1.62 bits per heavy atom. The second-order valence-electron chi connectivity index (χ2n) is 4.63. The summed E-state index contributed by atoms with van der Waals surface area (Å²) in [4.78, 5) is 11.9. The molecule has 0 fully saturated rings. The van der Waals surface area contributed by atoms with Crippen LogP contribution in [0.4, 0.5) is 10.1 Å². The summed E-state index contributed by atoms with van der Waals surface area (Å²) < 4.78 is 36.9. The molecule has 21 heavy (non-hydrogen) atoms. The van der Waals surface area contributed by atoms with Crippen LogP contribution in [0.1, 0.15) is 5.56 Å². The molecule has 0 spiro atoms. The van der Waals surface area contributed by atoms with Gasteiger partial charge in [0, 0.05) is 5.69 Å². The van der Waals surface area contributed by atoms with E-state index in [1.165, 1.54) is 36.4 Å². The lowest BCUT2D eigenvalue weighted by atomic mass is 10.2. The number of carbonyl (C=O) groups is 1. The smallest absolute Gasteiger partial charge is 0.239 e. The summed E-state index contributed by atoms with van der Waals surface area (Å²) in [6, 6.07) is 11.4. The van der Waals surface area contributed by atoms with Crippen LogP contribution < -0.4 is 5.32 Å². The van der Waals surface area contributed by atoms with Gasteiger partial charge >= 0.3 is 0 Å². The zero-order chi connectivity index (χ0) is 15.5. The molecule has 0 aliphatic heterocycles. The Hall–Kier alpha value is -2.21. The molecule has 4 nitrogen and oxygen atoms in total. The Bertz CT molecular complexity index is 737. The zero-order valence-electron chi connectivity index (χ0n) is 11.3. The van der Waals surface area contributed by atoms with Crippen LogP contribution in [-0.2, 0) is 14.6 Å². The number of hydrogen-bond acceptors (Lipinski definition) is 3. The lowest BCUT2D eigenvalue weighted by Crippen LogP contribution is -2.23. The Morgan fingerprint density at radius 3 is 2.19 bits per heavy atom. The second-order valence-corrected chi connectivity index (χ2v) is 6.62. The molecule has 2 rings (SSSR count). The van der Waals surface area contributed by atoms with Crippen molar-refractivity contribution < 1.29 is 17.6 Å². The zero-order valence-corrected chi connectivity index (χ0v) is 12.2. The molecule has 0 aliphatic rings. The fourth-order valence-electron chi connectivity index (χ4n) is 1.73. The van der Waals surface area contributed by atoms with Crippen LogP contribution >= 0.6 is 0 Å². The highest BCUT2D eigenvalue weighted by Crippen LogP contribution is 2.13. The van der Waals surface area contributed by atoms with E-state index >= 15 is 0 Å². The monoisotopic (exact) mass is 307 g/mol. The number of rotatable bonds is 4. The van der Waals surface area contributed by atoms with Gasteiger partial charge in [0.2, 0.25) is 5.91 Å². The van der Waals surface area contributed by atoms with E-state index in [1.54, 1.807) is 12.1 Å². The molecule has 0 atom stereocenters. The molecule has 0 radical (unpaired) electrons. The van der Waals surface area contributed by atoms with E-state index in [0.717, 1.165) is 5.56 Å². The number of amides is 1. The summed E-state index contributed by atoms with van der Waals surface area (Å²) in [5, 5.41) is 2.42. The van der Waals surface area contributed by atoms with Gasteiger partial charge in [0.25, 0.3) is 0 Å². The van der Waals surface area contributed by atoms with E-state index in [9.17, 15) is 17.6 Å². The molecule has 2 aromatic carbocycles. The normalized spacial score (nSPS) is 11.1. The van der Waals surface area contributed by atoms with Crippen LogP contribution in [0.3, 0.4) is 0 Å². The molecule has 110 valence electrons. The molecular weight excluding hydrogens is 293 g/mol. The van der Waals surface area contributed by atoms with Crippen LogP contribution in [0.15, 0.2) is 53.4 Å². The fraction of sp³-hybridized carbons (Fsp3) is 0.133. The fourth-order valence-corrected chi connectivity index (χ4v) is 2.87. The summed E-state index contributed by atoms with van der Waals surface area (Å²) in [5.41, 5.74) is 1.28. The van der Waals surface area contributed by atoms with Crippen LogP contribution in [0.2, 0.25) is 0 Å². The van der Waals surface area contributed by atoms with Gasteiger partial charge in [-0.1, -0.05) is 17.7 Å². The van der Waals surface area contributed by atoms with Crippen molar-refractivity contribution in [3.8, 4) is 0 Å². The van der Waals surface area contributed by atoms with E-state index in [4.69, 9.17) is 0 Å². The Balaban J connectivity index is 2.07. The first-order chi connectivity index (χ1) is 9.87. The molecule has 0 saturated carbocycles. The van der Waals surface area contributed by atoms with Crippen LogP contribution in [0, 0.1) is 12.7 Å². The number of nitrogens with one attached hydrogen (secondary N) is 1. The van der Waals surface area contributed by atoms with Gasteiger partial charge in [0.05, 0.1) is 4.90 Å². The first kappa shape index (κ1) is 15.2. The molecule has 0 unspecified atom stereocenters. The molecule has 0 aromatic heterocycles. The molecule has 6 heteroatoms. The van der Waals surface area contributed by atoms with Gasteiger partial charge in [-0.3, -0.25) is 4.79 Å². The number of carbonyl (C=O) groups excluding carboxylic acids is 1. The van der Waals surface area contributed by atoms with Gasteiger partial charge in [-0.15, -0.1) is 0 Å². The van der Waals surface area contributed by atoms with E-state index in [0.29, 0.717) is 5.69 Å². The standard InChI is InChI=1S/C15H14FNO3S/c1-11-2-8-14(9-3-11)21(19,20)10-15(18)17-13-6-4-12(16)5-7-13/h2-9H,10H2,1H3,(H,17,18). The second kappa shape index (κ2) is 6.05. The average molecular weight is 307 g/mol. The molecule has 1 N–H and O–H groups in total. The summed E-state index contributed by atoms with van der Waals surface area (Å²) in [6.45, 7) is 1.84. The molecular formula is C15H14FNO3S. The SMILES string of the molecule is Cc1ccc(S(=O)(=O)CC(=O)Nc2ccc(F)cc2)cc1. The highest BCUT2D eigenvalue weighted by Gasteiger charge is 2.19. The minimum Gasteiger partial charge on any atom is -0.325 e. The molecule has 0 saturated heterocycles. The number of sulfone groups is 1. The first-order valence-corrected chi connectivity index (χ1v) is 7.87. The van der Waals surface area contributed by atoms with Crippen LogP contribution in [-0.4, -0.2) is 20.1 Å². The van der Waals surface area contributed by atoms with Crippen molar-refractivity contribution in [1.29, 1.82) is 0 Å². The van der Waals surface area contributed by atoms with E-state index in [2.05, 4.69) is 5.32 Å². The molecule has 0 bridgehead atoms. The van der Waals surface area contributed by atoms with Gasteiger partial charge in [-0.05, 0) is 43.3 Å². The maximum absolute atomic E-state index is 12.7. The largest absolute Gasteiger partial charge is 0.325 e. The molecule has 2 aromatic rings. The lowest BCUT2D eigenvalue weighted by Gasteiger charge is -2.07. The van der Waals surface area contributed by atoms with Crippen molar-refractivity contribution in [2.75, 3.05) is 11.1 Å². The van der Waals surface area contributed by atoms with Crippen LogP contribution in [0.5, 0.6) is 0 Å². The number of hydrogen-bond donors (Lipinski definition) is 1. The quantitative estimate of drug-likeness (QED) is 0.944. The highest BCUT2D eigenvalue weighted by atomic mass is 32.2. The minimum atomic E-state index is -3.69. The van der Waals surface area contributed by atoms with E-state index in [-0.39, 0.29) is 4.90 Å². The topological polar surface area (TPSA) is 63.2 Å². The van der Waals surface area contributed by atoms with E-state index in [1.807, 2.05) is 6.92 Å². The van der Waals surface area contributed by atoms with Gasteiger partial charge in [-0.25, -0.2) is 12.8 Å². The summed E-state index contributed by atoms with van der Waals surface area (Å²) in [5.74, 6) is -1.75. The number of anilines is 1. The first-order valence-electron chi connectivity index (χ1n) is 6.22. The molecule has 0 aliphatic carbocycles. The summed E-state index contributed by atoms with van der Waals surface area (Å²) in [7, 11) is -3.69. The third-order valence-corrected chi connectivity index (χ3v) is 4.46. The Kier molecular flexibility index (Phi) is 4.37. The van der Waals surface area contributed by atoms with Gasteiger partial charge in [-0.2, -0.15) is 0 Å². The van der Waals surface area contributed by atoms with Gasteiger partial charge < -0.3 is 5.32 Å². The third-order valence-electron chi connectivity index (χ3n) is 2.83. The molecule has 1 amide bonds. The number of benzene rings is 2. The Morgan fingerprint density at radius 1 is 1.05 bits per heavy atom. The summed E-state index contributed by atoms with van der Waals surface area (Å²) in [6.07, 6.45) is 0. The highest BCUT2D eigenvalue weighted by molar-refractivity contribution is 7.92. The summed E-state index contributed by atoms with van der Waals surface area (Å²) >= 11 is 0. The van der Waals surface area contributed by atoms with Crippen LogP contribution in [0.25, 0.3) is 0 Å². The van der Waals surface area contributed by atoms with Crippen molar-refractivity contribution in [3.05, 3.63) is 59.9 Å². The van der Waals surface area contributed by atoms with Crippen molar-refractivity contribution in [1.82, 2.24) is 0 Å². The van der Waals surface area contributed by atoms with Crippen molar-refractivity contribution in [2.24, 2.45) is 0 Å². The number of halogens is 1. The molecule has 0 heterocycles. The number of aryl methyl sites for hydroxylation is 1. The van der Waals surface area contributed by atoms with Crippen molar-refractivity contribution in [2.45, 2.75) is 11.8 Å². The lowest BCUT2D eigenvalue weighted by molar-refractivity contribution is -0.113. The van der Waals surface area contributed by atoms with Crippen molar-refractivity contribution in [3.63, 3.8) is 0 Å². The minimum absolute atomic E-state index is 0.0994.